The summed E-state index contributed by atoms with van der Waals surface area (Å²) in [6.07, 6.45) is 1.25. The lowest BCUT2D eigenvalue weighted by Crippen LogP contribution is -2.41. The molecule has 1 aliphatic heterocycles. The Bertz CT molecular complexity index is 808. The van der Waals surface area contributed by atoms with Gasteiger partial charge in [0.2, 0.25) is 5.91 Å². The van der Waals surface area contributed by atoms with Gasteiger partial charge in [-0.15, -0.1) is 0 Å². The highest BCUT2D eigenvalue weighted by molar-refractivity contribution is 6.36. The number of carbonyl (C=O) groups is 2. The van der Waals surface area contributed by atoms with Gasteiger partial charge in [-0.1, -0.05) is 53.5 Å². The minimum Gasteiger partial charge on any atom is -0.480 e. The normalized spacial score (nSPS) is 16.9. The predicted molar refractivity (Wildman–Crippen MR) is 98.0 cm³/mol. The van der Waals surface area contributed by atoms with Gasteiger partial charge in [0.05, 0.1) is 11.4 Å². The molecule has 1 atom stereocenters. The van der Waals surface area contributed by atoms with Crippen molar-refractivity contribution in [3.05, 3.63) is 58.1 Å². The maximum atomic E-state index is 12.7. The smallest absolute Gasteiger partial charge is 0.326 e. The molecule has 0 saturated carbocycles. The zero-order valence-corrected chi connectivity index (χ0v) is 14.9. The van der Waals surface area contributed by atoms with Crippen molar-refractivity contribution in [2.45, 2.75) is 25.3 Å². The second kappa shape index (κ2) is 7.46. The topological polar surface area (TPSA) is 57.6 Å². The summed E-state index contributed by atoms with van der Waals surface area (Å²) < 4.78 is 0. The Morgan fingerprint density at radius 1 is 1.16 bits per heavy atom. The molecule has 1 amide bonds. The van der Waals surface area contributed by atoms with Crippen molar-refractivity contribution >= 4 is 35.1 Å². The molecule has 3 rings (SSSR count). The average molecular weight is 378 g/mol. The summed E-state index contributed by atoms with van der Waals surface area (Å²) in [7, 11) is 0. The van der Waals surface area contributed by atoms with Gasteiger partial charge in [-0.05, 0) is 36.1 Å². The lowest BCUT2D eigenvalue weighted by Gasteiger charge is -2.22. The number of nitrogens with zero attached hydrogens (tertiary/aromatic N) is 1. The number of hydrogen-bond donors (Lipinski definition) is 1. The summed E-state index contributed by atoms with van der Waals surface area (Å²) in [6.45, 7) is 0.463. The number of benzene rings is 2. The molecule has 2 aromatic carbocycles. The quantitative estimate of drug-likeness (QED) is 0.864. The molecule has 25 heavy (non-hydrogen) atoms. The standard InChI is InChI=1S/C19H17Cl2NO3/c20-14-9-13(10-17(23)22-8-4-7-16(22)19(24)25)18(15(21)11-14)12-5-2-1-3-6-12/h1-3,5-6,9,11,16H,4,7-8,10H2,(H,24,25)/t16-/m1/s1. The summed E-state index contributed by atoms with van der Waals surface area (Å²) in [5.41, 5.74) is 2.35. The van der Waals surface area contributed by atoms with Gasteiger partial charge in [0.1, 0.15) is 6.04 Å². The summed E-state index contributed by atoms with van der Waals surface area (Å²) in [5.74, 6) is -1.18. The number of amides is 1. The van der Waals surface area contributed by atoms with Crippen LogP contribution in [0.3, 0.4) is 0 Å². The van der Waals surface area contributed by atoms with E-state index >= 15 is 0 Å². The third-order valence-electron chi connectivity index (χ3n) is 4.40. The molecule has 1 fully saturated rings. The van der Waals surface area contributed by atoms with E-state index in [2.05, 4.69) is 0 Å². The molecule has 1 aliphatic rings. The van der Waals surface area contributed by atoms with Gasteiger partial charge in [0, 0.05) is 17.1 Å². The second-order valence-electron chi connectivity index (χ2n) is 6.05. The van der Waals surface area contributed by atoms with Crippen LogP contribution >= 0.6 is 23.2 Å². The largest absolute Gasteiger partial charge is 0.480 e. The molecule has 130 valence electrons. The van der Waals surface area contributed by atoms with E-state index in [9.17, 15) is 14.7 Å². The van der Waals surface area contributed by atoms with Crippen molar-refractivity contribution in [2.24, 2.45) is 0 Å². The van der Waals surface area contributed by atoms with Crippen molar-refractivity contribution in [3.8, 4) is 11.1 Å². The van der Waals surface area contributed by atoms with E-state index in [0.29, 0.717) is 35.0 Å². The zero-order chi connectivity index (χ0) is 18.0. The van der Waals surface area contributed by atoms with Crippen LogP contribution in [0.5, 0.6) is 0 Å². The number of rotatable bonds is 4. The minimum atomic E-state index is -0.960. The molecule has 0 bridgehead atoms. The molecule has 0 radical (unpaired) electrons. The van der Waals surface area contributed by atoms with E-state index in [1.165, 1.54) is 4.90 Å². The molecule has 1 N–H and O–H groups in total. The molecular weight excluding hydrogens is 361 g/mol. The first kappa shape index (κ1) is 17.8. The van der Waals surface area contributed by atoms with Crippen LogP contribution in [0.1, 0.15) is 18.4 Å². The first-order valence-electron chi connectivity index (χ1n) is 8.03. The summed E-state index contributed by atoms with van der Waals surface area (Å²) in [4.78, 5) is 25.5. The number of carboxylic acid groups (broad SMARTS) is 1. The molecule has 1 heterocycles. The second-order valence-corrected chi connectivity index (χ2v) is 6.89. The summed E-state index contributed by atoms with van der Waals surface area (Å²) in [6, 6.07) is 12.1. The van der Waals surface area contributed by atoms with Crippen LogP contribution in [0.25, 0.3) is 11.1 Å². The van der Waals surface area contributed by atoms with Crippen LogP contribution in [-0.4, -0.2) is 34.5 Å². The number of carbonyl (C=O) groups excluding carboxylic acids is 1. The Kier molecular flexibility index (Phi) is 5.30. The van der Waals surface area contributed by atoms with Gasteiger partial charge in [0.25, 0.3) is 0 Å². The number of halogens is 2. The zero-order valence-electron chi connectivity index (χ0n) is 13.4. The minimum absolute atomic E-state index is 0.0638. The lowest BCUT2D eigenvalue weighted by atomic mass is 9.97. The maximum absolute atomic E-state index is 12.7. The molecule has 0 aromatic heterocycles. The molecule has 1 saturated heterocycles. The Hall–Kier alpha value is -2.04. The number of hydrogen-bond acceptors (Lipinski definition) is 2. The SMILES string of the molecule is O=C(O)[C@H]1CCCN1C(=O)Cc1cc(Cl)cc(Cl)c1-c1ccccc1. The fraction of sp³-hybridized carbons (Fsp3) is 0.263. The first-order chi connectivity index (χ1) is 12.0. The van der Waals surface area contributed by atoms with E-state index in [-0.39, 0.29) is 12.3 Å². The van der Waals surface area contributed by atoms with Crippen LogP contribution in [0.2, 0.25) is 10.0 Å². The average Bonchev–Trinajstić information content (AvgIpc) is 3.05. The van der Waals surface area contributed by atoms with Gasteiger partial charge in [0.15, 0.2) is 0 Å². The molecule has 0 unspecified atom stereocenters. The first-order valence-corrected chi connectivity index (χ1v) is 8.78. The molecule has 4 nitrogen and oxygen atoms in total. The summed E-state index contributed by atoms with van der Waals surface area (Å²) in [5, 5.41) is 10.2. The number of likely N-dealkylation sites (tertiary alicyclic amines) is 1. The fourth-order valence-electron chi connectivity index (χ4n) is 3.28. The van der Waals surface area contributed by atoms with Crippen LogP contribution in [-0.2, 0) is 16.0 Å². The van der Waals surface area contributed by atoms with Gasteiger partial charge < -0.3 is 10.0 Å². The highest BCUT2D eigenvalue weighted by atomic mass is 35.5. The number of carboxylic acids is 1. The predicted octanol–water partition coefficient (Wildman–Crippen LogP) is 4.28. The monoisotopic (exact) mass is 377 g/mol. The third kappa shape index (κ3) is 3.80. The van der Waals surface area contributed by atoms with Crippen molar-refractivity contribution in [1.82, 2.24) is 4.90 Å². The van der Waals surface area contributed by atoms with E-state index in [1.807, 2.05) is 30.3 Å². The molecule has 0 spiro atoms. The Morgan fingerprint density at radius 2 is 1.88 bits per heavy atom. The Morgan fingerprint density at radius 3 is 2.56 bits per heavy atom. The Labute approximate surface area is 156 Å². The van der Waals surface area contributed by atoms with Crippen LogP contribution < -0.4 is 0 Å². The van der Waals surface area contributed by atoms with Crippen molar-refractivity contribution in [1.29, 1.82) is 0 Å². The van der Waals surface area contributed by atoms with E-state index in [4.69, 9.17) is 23.2 Å². The highest BCUT2D eigenvalue weighted by Crippen LogP contribution is 2.35. The fourth-order valence-corrected chi connectivity index (χ4v) is 3.93. The molecule has 6 heteroatoms. The van der Waals surface area contributed by atoms with Crippen LogP contribution in [0, 0.1) is 0 Å². The van der Waals surface area contributed by atoms with Crippen LogP contribution in [0.15, 0.2) is 42.5 Å². The molecule has 2 aromatic rings. The summed E-state index contributed by atoms with van der Waals surface area (Å²) >= 11 is 12.5. The van der Waals surface area contributed by atoms with Gasteiger partial charge in [-0.2, -0.15) is 0 Å². The van der Waals surface area contributed by atoms with Gasteiger partial charge in [-0.25, -0.2) is 4.79 Å². The third-order valence-corrected chi connectivity index (χ3v) is 4.92. The van der Waals surface area contributed by atoms with E-state index < -0.39 is 12.0 Å². The highest BCUT2D eigenvalue weighted by Gasteiger charge is 2.34. The van der Waals surface area contributed by atoms with Crippen LogP contribution in [0.4, 0.5) is 0 Å². The molecular formula is C19H17Cl2NO3. The maximum Gasteiger partial charge on any atom is 0.326 e. The van der Waals surface area contributed by atoms with Crippen molar-refractivity contribution in [2.75, 3.05) is 6.54 Å². The van der Waals surface area contributed by atoms with E-state index in [1.54, 1.807) is 12.1 Å². The number of aliphatic carboxylic acids is 1. The van der Waals surface area contributed by atoms with Gasteiger partial charge in [-0.3, -0.25) is 4.79 Å². The lowest BCUT2D eigenvalue weighted by molar-refractivity contribution is -0.147. The van der Waals surface area contributed by atoms with E-state index in [0.717, 1.165) is 11.1 Å². The van der Waals surface area contributed by atoms with Gasteiger partial charge >= 0.3 is 5.97 Å². The van der Waals surface area contributed by atoms with Crippen molar-refractivity contribution in [3.63, 3.8) is 0 Å². The molecule has 0 aliphatic carbocycles. The Balaban J connectivity index is 1.95. The van der Waals surface area contributed by atoms with Crippen molar-refractivity contribution < 1.29 is 14.7 Å².